The first-order valence-corrected chi connectivity index (χ1v) is 9.79. The normalized spacial score (nSPS) is 18.8. The van der Waals surface area contributed by atoms with E-state index in [1.807, 2.05) is 23.9 Å². The van der Waals surface area contributed by atoms with Crippen LogP contribution in [0, 0.1) is 5.92 Å². The number of anilines is 1. The highest BCUT2D eigenvalue weighted by Gasteiger charge is 2.30. The van der Waals surface area contributed by atoms with Gasteiger partial charge in [-0.15, -0.1) is 0 Å². The molecular formula is C20H29N5O2. The third-order valence-electron chi connectivity index (χ3n) is 5.34. The molecule has 7 heteroatoms. The van der Waals surface area contributed by atoms with Crippen molar-refractivity contribution in [2.75, 3.05) is 32.1 Å². The summed E-state index contributed by atoms with van der Waals surface area (Å²) >= 11 is 0. The summed E-state index contributed by atoms with van der Waals surface area (Å²) in [5.41, 5.74) is 0.785. The third-order valence-corrected chi connectivity index (χ3v) is 5.34. The van der Waals surface area contributed by atoms with E-state index in [2.05, 4.69) is 15.3 Å². The Morgan fingerprint density at radius 1 is 1.11 bits per heavy atom. The molecule has 1 N–H and O–H groups in total. The summed E-state index contributed by atoms with van der Waals surface area (Å²) in [5.74, 6) is 1.07. The second kappa shape index (κ2) is 8.97. The molecule has 7 nitrogen and oxygen atoms in total. The molecule has 0 radical (unpaired) electrons. The Labute approximate surface area is 160 Å². The van der Waals surface area contributed by atoms with Crippen LogP contribution in [-0.2, 0) is 9.59 Å². The number of carbonyl (C=O) groups excluding carboxylic acids is 2. The van der Waals surface area contributed by atoms with E-state index in [9.17, 15) is 9.59 Å². The topological polar surface area (TPSA) is 78.4 Å². The van der Waals surface area contributed by atoms with Crippen molar-refractivity contribution in [1.29, 1.82) is 0 Å². The van der Waals surface area contributed by atoms with Crippen molar-refractivity contribution in [1.82, 2.24) is 20.2 Å². The molecule has 1 aromatic heterocycles. The molecule has 0 bridgehead atoms. The van der Waals surface area contributed by atoms with E-state index in [-0.39, 0.29) is 17.9 Å². The van der Waals surface area contributed by atoms with Crippen molar-refractivity contribution in [3.8, 4) is 0 Å². The number of carbonyl (C=O) groups is 2. The first-order chi connectivity index (χ1) is 13.0. The average Bonchev–Trinajstić information content (AvgIpc) is 3.21. The first-order valence-electron chi connectivity index (χ1n) is 9.79. The number of hydrogen-bond acceptors (Lipinski definition) is 5. The fourth-order valence-corrected chi connectivity index (χ4v) is 3.74. The van der Waals surface area contributed by atoms with Crippen molar-refractivity contribution in [3.63, 3.8) is 0 Å². The number of nitrogens with zero attached hydrogens (tertiary/aromatic N) is 4. The lowest BCUT2D eigenvalue weighted by Crippen LogP contribution is -2.47. The number of piperidine rings is 1. The van der Waals surface area contributed by atoms with Crippen LogP contribution in [0.1, 0.15) is 44.1 Å². The molecule has 27 heavy (non-hydrogen) atoms. The van der Waals surface area contributed by atoms with Gasteiger partial charge < -0.3 is 15.1 Å². The minimum atomic E-state index is -0.118. The Kier molecular flexibility index (Phi) is 6.42. The minimum absolute atomic E-state index is 0.118. The Morgan fingerprint density at radius 2 is 1.74 bits per heavy atom. The molecule has 1 aromatic rings. The van der Waals surface area contributed by atoms with Crippen molar-refractivity contribution >= 4 is 23.8 Å². The van der Waals surface area contributed by atoms with Gasteiger partial charge in [0.1, 0.15) is 0 Å². The summed E-state index contributed by atoms with van der Waals surface area (Å²) in [7, 11) is 3.76. The van der Waals surface area contributed by atoms with Crippen LogP contribution in [0.2, 0.25) is 0 Å². The lowest BCUT2D eigenvalue weighted by atomic mass is 10.0. The van der Waals surface area contributed by atoms with Crippen LogP contribution in [0.3, 0.4) is 0 Å². The van der Waals surface area contributed by atoms with Gasteiger partial charge >= 0.3 is 0 Å². The van der Waals surface area contributed by atoms with Crippen LogP contribution in [0.25, 0.3) is 6.08 Å². The Bertz CT molecular complexity index is 672. The van der Waals surface area contributed by atoms with Crippen molar-refractivity contribution in [2.45, 2.75) is 44.6 Å². The number of rotatable bonds is 5. The molecule has 1 aliphatic heterocycles. The predicted octanol–water partition coefficient (Wildman–Crippen LogP) is 1.85. The Morgan fingerprint density at radius 3 is 2.33 bits per heavy atom. The van der Waals surface area contributed by atoms with E-state index in [1.54, 1.807) is 18.5 Å². The van der Waals surface area contributed by atoms with Gasteiger partial charge in [0, 0.05) is 63.2 Å². The SMILES string of the molecule is CN(C)c1ncc(C=CC(=O)NC2CCN(C(=O)C3CCCC3)CC2)cn1. The van der Waals surface area contributed by atoms with Gasteiger partial charge in [0.15, 0.2) is 0 Å². The maximum atomic E-state index is 12.5. The predicted molar refractivity (Wildman–Crippen MR) is 105 cm³/mol. The zero-order valence-corrected chi connectivity index (χ0v) is 16.2. The summed E-state index contributed by atoms with van der Waals surface area (Å²) in [6.07, 6.45) is 12.7. The molecule has 1 saturated heterocycles. The zero-order valence-electron chi connectivity index (χ0n) is 16.2. The Balaban J connectivity index is 1.43. The standard InChI is InChI=1S/C20H29N5O2/c1-24(2)20-21-13-15(14-22-20)7-8-18(26)23-17-9-11-25(12-10-17)19(27)16-5-3-4-6-16/h7-8,13-14,16-17H,3-6,9-12H2,1-2H3,(H,23,26). The van der Waals surface area contributed by atoms with Gasteiger partial charge in [0.25, 0.3) is 0 Å². The number of hydrogen-bond donors (Lipinski definition) is 1. The maximum Gasteiger partial charge on any atom is 0.244 e. The van der Waals surface area contributed by atoms with Crippen LogP contribution >= 0.6 is 0 Å². The van der Waals surface area contributed by atoms with Crippen LogP contribution in [0.4, 0.5) is 5.95 Å². The second-order valence-corrected chi connectivity index (χ2v) is 7.63. The van der Waals surface area contributed by atoms with Crippen LogP contribution in [0.15, 0.2) is 18.5 Å². The molecule has 0 unspecified atom stereocenters. The van der Waals surface area contributed by atoms with Gasteiger partial charge in [-0.05, 0) is 31.8 Å². The fourth-order valence-electron chi connectivity index (χ4n) is 3.74. The lowest BCUT2D eigenvalue weighted by Gasteiger charge is -2.33. The summed E-state index contributed by atoms with van der Waals surface area (Å²) in [4.78, 5) is 36.9. The molecule has 2 aliphatic rings. The molecule has 1 saturated carbocycles. The highest BCUT2D eigenvalue weighted by Crippen LogP contribution is 2.27. The van der Waals surface area contributed by atoms with Crippen LogP contribution in [0.5, 0.6) is 0 Å². The highest BCUT2D eigenvalue weighted by molar-refractivity contribution is 5.91. The number of amides is 2. The molecule has 0 aromatic carbocycles. The molecule has 2 heterocycles. The molecule has 0 atom stereocenters. The molecule has 3 rings (SSSR count). The van der Waals surface area contributed by atoms with Gasteiger partial charge in [0.05, 0.1) is 0 Å². The summed E-state index contributed by atoms with van der Waals surface area (Å²) in [5, 5.41) is 3.03. The van der Waals surface area contributed by atoms with E-state index in [0.717, 1.165) is 44.3 Å². The van der Waals surface area contributed by atoms with E-state index >= 15 is 0 Å². The largest absolute Gasteiger partial charge is 0.350 e. The van der Waals surface area contributed by atoms with E-state index < -0.39 is 0 Å². The Hall–Kier alpha value is -2.44. The van der Waals surface area contributed by atoms with Gasteiger partial charge in [-0.3, -0.25) is 9.59 Å². The summed E-state index contributed by atoms with van der Waals surface area (Å²) in [6.45, 7) is 1.48. The monoisotopic (exact) mass is 371 g/mol. The van der Waals surface area contributed by atoms with E-state index in [1.165, 1.54) is 18.9 Å². The number of likely N-dealkylation sites (tertiary alicyclic amines) is 1. The summed E-state index contributed by atoms with van der Waals surface area (Å²) < 4.78 is 0. The van der Waals surface area contributed by atoms with E-state index in [4.69, 9.17) is 0 Å². The van der Waals surface area contributed by atoms with Crippen LogP contribution in [-0.4, -0.2) is 59.9 Å². The third kappa shape index (κ3) is 5.28. The lowest BCUT2D eigenvalue weighted by molar-refractivity contribution is -0.136. The number of nitrogens with one attached hydrogen (secondary N) is 1. The number of aromatic nitrogens is 2. The molecule has 1 aliphatic carbocycles. The van der Waals surface area contributed by atoms with Gasteiger partial charge in [-0.1, -0.05) is 12.8 Å². The molecule has 2 fully saturated rings. The van der Waals surface area contributed by atoms with Crippen molar-refractivity contribution in [3.05, 3.63) is 24.0 Å². The van der Waals surface area contributed by atoms with Crippen molar-refractivity contribution in [2.24, 2.45) is 5.92 Å². The first kappa shape index (κ1) is 19.3. The minimum Gasteiger partial charge on any atom is -0.350 e. The average molecular weight is 371 g/mol. The highest BCUT2D eigenvalue weighted by atomic mass is 16.2. The van der Waals surface area contributed by atoms with Gasteiger partial charge in [0.2, 0.25) is 17.8 Å². The van der Waals surface area contributed by atoms with Gasteiger partial charge in [-0.25, -0.2) is 9.97 Å². The van der Waals surface area contributed by atoms with Crippen molar-refractivity contribution < 1.29 is 9.59 Å². The smallest absolute Gasteiger partial charge is 0.244 e. The molecule has 146 valence electrons. The molecular weight excluding hydrogens is 342 g/mol. The zero-order chi connectivity index (χ0) is 19.2. The quantitative estimate of drug-likeness (QED) is 0.799. The second-order valence-electron chi connectivity index (χ2n) is 7.63. The summed E-state index contributed by atoms with van der Waals surface area (Å²) in [6, 6.07) is 0.127. The fraction of sp³-hybridized carbons (Fsp3) is 0.600. The molecule has 2 amide bonds. The molecule has 0 spiro atoms. The van der Waals surface area contributed by atoms with Gasteiger partial charge in [-0.2, -0.15) is 0 Å². The maximum absolute atomic E-state index is 12.5. The van der Waals surface area contributed by atoms with Crippen LogP contribution < -0.4 is 10.2 Å². The van der Waals surface area contributed by atoms with E-state index in [0.29, 0.717) is 11.9 Å².